The van der Waals surface area contributed by atoms with Crippen LogP contribution in [0.2, 0.25) is 0 Å². The highest BCUT2D eigenvalue weighted by molar-refractivity contribution is 7.91. The second-order valence-corrected chi connectivity index (χ2v) is 7.41. The van der Waals surface area contributed by atoms with Crippen LogP contribution in [-0.2, 0) is 9.84 Å². The van der Waals surface area contributed by atoms with E-state index < -0.39 is 9.84 Å². The van der Waals surface area contributed by atoms with Gasteiger partial charge in [-0.2, -0.15) is 0 Å². The van der Waals surface area contributed by atoms with Crippen LogP contribution in [0.1, 0.15) is 19.8 Å². The number of nitrogens with one attached hydrogen (secondary N) is 1. The fourth-order valence-corrected chi connectivity index (χ4v) is 3.56. The van der Waals surface area contributed by atoms with Gasteiger partial charge in [0.1, 0.15) is 0 Å². The number of nitrogens with zero attached hydrogens (tertiary/aromatic N) is 1. The summed E-state index contributed by atoms with van der Waals surface area (Å²) < 4.78 is 22.9. The minimum absolute atomic E-state index is 0.272. The molecule has 2 aliphatic heterocycles. The molecule has 2 unspecified atom stereocenters. The van der Waals surface area contributed by atoms with Crippen LogP contribution in [0.5, 0.6) is 0 Å². The summed E-state index contributed by atoms with van der Waals surface area (Å²) in [4.78, 5) is 2.32. The maximum Gasteiger partial charge on any atom is 0.151 e. The van der Waals surface area contributed by atoms with Crippen molar-refractivity contribution in [2.45, 2.75) is 25.8 Å². The topological polar surface area (TPSA) is 49.4 Å². The number of sulfone groups is 1. The third-order valence-corrected chi connectivity index (χ3v) is 5.58. The number of hydrogen-bond acceptors (Lipinski definition) is 4. The lowest BCUT2D eigenvalue weighted by Crippen LogP contribution is -2.45. The Morgan fingerprint density at radius 1 is 1.38 bits per heavy atom. The van der Waals surface area contributed by atoms with Crippen molar-refractivity contribution in [1.82, 2.24) is 10.2 Å². The Bertz CT molecular complexity index is 329. The molecule has 2 heterocycles. The fourth-order valence-electron chi connectivity index (χ4n) is 2.74. The van der Waals surface area contributed by atoms with Crippen LogP contribution in [0, 0.1) is 5.92 Å². The first-order chi connectivity index (χ1) is 7.61. The monoisotopic (exact) mass is 246 g/mol. The highest BCUT2D eigenvalue weighted by atomic mass is 32.2. The molecule has 0 aromatic carbocycles. The molecule has 1 N–H and O–H groups in total. The molecule has 0 amide bonds. The maximum atomic E-state index is 11.4. The van der Waals surface area contributed by atoms with Crippen molar-refractivity contribution in [1.29, 1.82) is 0 Å². The summed E-state index contributed by atoms with van der Waals surface area (Å²) in [6, 6.07) is 0.694. The first-order valence-corrected chi connectivity index (χ1v) is 8.09. The van der Waals surface area contributed by atoms with Gasteiger partial charge in [0, 0.05) is 24.9 Å². The summed E-state index contributed by atoms with van der Waals surface area (Å²) in [5, 5.41) is 3.52. The SMILES string of the molecule is CCS(=O)(=O)CCN1CCC2NCCC2C1. The number of likely N-dealkylation sites (tertiary alicyclic amines) is 1. The van der Waals surface area contributed by atoms with Gasteiger partial charge in [-0.1, -0.05) is 6.92 Å². The van der Waals surface area contributed by atoms with Gasteiger partial charge in [-0.15, -0.1) is 0 Å². The molecular formula is C11H22N2O2S. The van der Waals surface area contributed by atoms with Crippen molar-refractivity contribution >= 4 is 9.84 Å². The maximum absolute atomic E-state index is 11.4. The molecule has 2 fully saturated rings. The second-order valence-electron chi connectivity index (χ2n) is 4.94. The molecule has 0 saturated carbocycles. The third-order valence-electron chi connectivity index (χ3n) is 3.90. The zero-order chi connectivity index (χ0) is 11.6. The highest BCUT2D eigenvalue weighted by Gasteiger charge is 2.32. The minimum Gasteiger partial charge on any atom is -0.314 e. The second kappa shape index (κ2) is 5.02. The summed E-state index contributed by atoms with van der Waals surface area (Å²) >= 11 is 0. The Labute approximate surface area is 98.3 Å². The first kappa shape index (κ1) is 12.3. The molecule has 0 aromatic rings. The van der Waals surface area contributed by atoms with E-state index in [1.807, 2.05) is 0 Å². The van der Waals surface area contributed by atoms with E-state index in [2.05, 4.69) is 10.2 Å². The molecule has 94 valence electrons. The van der Waals surface area contributed by atoms with Gasteiger partial charge in [-0.3, -0.25) is 0 Å². The van der Waals surface area contributed by atoms with E-state index in [1.165, 1.54) is 12.8 Å². The summed E-state index contributed by atoms with van der Waals surface area (Å²) in [5.74, 6) is 1.35. The van der Waals surface area contributed by atoms with E-state index >= 15 is 0 Å². The number of hydrogen-bond donors (Lipinski definition) is 1. The van der Waals surface area contributed by atoms with Crippen LogP contribution >= 0.6 is 0 Å². The fraction of sp³-hybridized carbons (Fsp3) is 1.00. The van der Waals surface area contributed by atoms with Crippen molar-refractivity contribution in [3.63, 3.8) is 0 Å². The predicted octanol–water partition coefficient (Wildman–Crippen LogP) is 0.105. The Morgan fingerprint density at radius 3 is 2.94 bits per heavy atom. The summed E-state index contributed by atoms with van der Waals surface area (Å²) in [6.45, 7) is 5.71. The first-order valence-electron chi connectivity index (χ1n) is 6.27. The normalized spacial score (nSPS) is 31.6. The lowest BCUT2D eigenvalue weighted by Gasteiger charge is -2.34. The predicted molar refractivity (Wildman–Crippen MR) is 65.3 cm³/mol. The van der Waals surface area contributed by atoms with Crippen LogP contribution in [-0.4, -0.2) is 57.0 Å². The van der Waals surface area contributed by atoms with Gasteiger partial charge >= 0.3 is 0 Å². The minimum atomic E-state index is -2.80. The molecular weight excluding hydrogens is 224 g/mol. The summed E-state index contributed by atoms with van der Waals surface area (Å²) in [7, 11) is -2.80. The molecule has 0 radical (unpaired) electrons. The molecule has 5 heteroatoms. The average molecular weight is 246 g/mol. The Kier molecular flexibility index (Phi) is 3.87. The van der Waals surface area contributed by atoms with Crippen molar-refractivity contribution in [3.05, 3.63) is 0 Å². The zero-order valence-electron chi connectivity index (χ0n) is 9.98. The summed E-state index contributed by atoms with van der Waals surface area (Å²) in [6.07, 6.45) is 2.43. The van der Waals surface area contributed by atoms with Crippen molar-refractivity contribution in [3.8, 4) is 0 Å². The molecule has 2 saturated heterocycles. The third kappa shape index (κ3) is 2.96. The van der Waals surface area contributed by atoms with E-state index in [0.29, 0.717) is 11.8 Å². The van der Waals surface area contributed by atoms with Crippen LogP contribution < -0.4 is 5.32 Å². The molecule has 0 spiro atoms. The van der Waals surface area contributed by atoms with Gasteiger partial charge in [-0.25, -0.2) is 8.42 Å². The average Bonchev–Trinajstić information content (AvgIpc) is 2.73. The van der Waals surface area contributed by atoms with E-state index in [0.717, 1.165) is 32.1 Å². The molecule has 0 bridgehead atoms. The smallest absolute Gasteiger partial charge is 0.151 e. The quantitative estimate of drug-likeness (QED) is 0.764. The van der Waals surface area contributed by atoms with Gasteiger partial charge in [0.25, 0.3) is 0 Å². The Hall–Kier alpha value is -0.130. The van der Waals surface area contributed by atoms with E-state index in [-0.39, 0.29) is 5.75 Å². The van der Waals surface area contributed by atoms with Gasteiger partial charge in [-0.05, 0) is 31.8 Å². The van der Waals surface area contributed by atoms with Crippen LogP contribution in [0.4, 0.5) is 0 Å². The molecule has 4 nitrogen and oxygen atoms in total. The largest absolute Gasteiger partial charge is 0.314 e. The molecule has 0 aliphatic carbocycles. The van der Waals surface area contributed by atoms with Gasteiger partial charge in [0.15, 0.2) is 9.84 Å². The van der Waals surface area contributed by atoms with Gasteiger partial charge in [0.2, 0.25) is 0 Å². The van der Waals surface area contributed by atoms with Crippen molar-refractivity contribution in [2.24, 2.45) is 5.92 Å². The molecule has 2 atom stereocenters. The van der Waals surface area contributed by atoms with Crippen LogP contribution in [0.15, 0.2) is 0 Å². The molecule has 16 heavy (non-hydrogen) atoms. The highest BCUT2D eigenvalue weighted by Crippen LogP contribution is 2.24. The molecule has 0 aromatic heterocycles. The van der Waals surface area contributed by atoms with E-state index in [4.69, 9.17) is 0 Å². The Morgan fingerprint density at radius 2 is 2.19 bits per heavy atom. The zero-order valence-corrected chi connectivity index (χ0v) is 10.8. The van der Waals surface area contributed by atoms with Crippen molar-refractivity contribution in [2.75, 3.05) is 37.7 Å². The van der Waals surface area contributed by atoms with Crippen molar-refractivity contribution < 1.29 is 8.42 Å². The van der Waals surface area contributed by atoms with Crippen LogP contribution in [0.25, 0.3) is 0 Å². The van der Waals surface area contributed by atoms with Gasteiger partial charge < -0.3 is 10.2 Å². The standard InChI is InChI=1S/C11H22N2O2S/c1-2-16(14,15)8-7-13-6-4-11-10(9-13)3-5-12-11/h10-12H,2-9H2,1H3. The lowest BCUT2D eigenvalue weighted by molar-refractivity contribution is 0.171. The molecule has 2 rings (SSSR count). The number of piperidine rings is 1. The van der Waals surface area contributed by atoms with E-state index in [9.17, 15) is 8.42 Å². The molecule has 2 aliphatic rings. The number of fused-ring (bicyclic) bond motifs is 1. The van der Waals surface area contributed by atoms with Gasteiger partial charge in [0.05, 0.1) is 5.75 Å². The summed E-state index contributed by atoms with van der Waals surface area (Å²) in [5.41, 5.74) is 0. The van der Waals surface area contributed by atoms with E-state index in [1.54, 1.807) is 6.92 Å². The number of rotatable bonds is 4. The lowest BCUT2D eigenvalue weighted by atomic mass is 9.93. The Balaban J connectivity index is 1.79. The van der Waals surface area contributed by atoms with Crippen LogP contribution in [0.3, 0.4) is 0 Å².